The molecule has 0 aliphatic carbocycles. The summed E-state index contributed by atoms with van der Waals surface area (Å²) < 4.78 is 0. The van der Waals surface area contributed by atoms with Gasteiger partial charge in [0.05, 0.1) is 0 Å². The average molecular weight is 268 g/mol. The van der Waals surface area contributed by atoms with E-state index in [9.17, 15) is 0 Å². The van der Waals surface area contributed by atoms with Crippen molar-refractivity contribution in [3.05, 3.63) is 46.5 Å². The minimum atomic E-state index is 0. The number of nitrogens with zero attached hydrogens (tertiary/aromatic N) is 2. The van der Waals surface area contributed by atoms with Gasteiger partial charge < -0.3 is 5.73 Å². The van der Waals surface area contributed by atoms with E-state index in [1.54, 1.807) is 11.3 Å². The lowest BCUT2D eigenvalue weighted by Gasteiger charge is -2.12. The number of nitrogen functional groups attached to an aromatic ring is 1. The fourth-order valence-electron chi connectivity index (χ4n) is 2.13. The minimum Gasteiger partial charge on any atom is -0.375 e. The highest BCUT2D eigenvalue weighted by Gasteiger charge is 2.18. The Morgan fingerprint density at radius 3 is 2.41 bits per heavy atom. The van der Waals surface area contributed by atoms with Crippen LogP contribution in [-0.2, 0) is 19.6 Å². The Kier molecular flexibility index (Phi) is 3.66. The van der Waals surface area contributed by atoms with Crippen LogP contribution in [0.5, 0.6) is 0 Å². The molecule has 0 spiro atoms. The first-order chi connectivity index (χ1) is 7.81. The Balaban J connectivity index is 0.00000108. The van der Waals surface area contributed by atoms with E-state index in [2.05, 4.69) is 34.1 Å². The molecule has 0 saturated heterocycles. The molecule has 0 saturated carbocycles. The van der Waals surface area contributed by atoms with Crippen LogP contribution in [-0.4, -0.2) is 9.88 Å². The molecule has 0 unspecified atom stereocenters. The summed E-state index contributed by atoms with van der Waals surface area (Å²) in [5.41, 5.74) is 8.51. The molecule has 3 rings (SSSR count). The second-order valence-electron chi connectivity index (χ2n) is 4.08. The topological polar surface area (TPSA) is 42.1 Å². The second kappa shape index (κ2) is 5.04. The van der Waals surface area contributed by atoms with Gasteiger partial charge in [0.2, 0.25) is 0 Å². The molecule has 0 fully saturated rings. The zero-order chi connectivity index (χ0) is 11.0. The van der Waals surface area contributed by atoms with Crippen LogP contribution in [0.4, 0.5) is 5.13 Å². The molecule has 0 amide bonds. The molecule has 2 aromatic rings. The zero-order valence-corrected chi connectivity index (χ0v) is 10.9. The van der Waals surface area contributed by atoms with E-state index in [1.807, 2.05) is 6.20 Å². The maximum Gasteiger partial charge on any atom is 0.180 e. The maximum absolute atomic E-state index is 5.63. The summed E-state index contributed by atoms with van der Waals surface area (Å²) in [5, 5.41) is 0.659. The SMILES string of the molecule is Cl.Nc1ncc(CN2Cc3ccccc3C2)s1. The van der Waals surface area contributed by atoms with Crippen LogP contribution in [0.3, 0.4) is 0 Å². The van der Waals surface area contributed by atoms with Gasteiger partial charge in [-0.25, -0.2) is 4.98 Å². The van der Waals surface area contributed by atoms with E-state index in [1.165, 1.54) is 16.0 Å². The van der Waals surface area contributed by atoms with Gasteiger partial charge in [0, 0.05) is 30.7 Å². The maximum atomic E-state index is 5.63. The first-order valence-corrected chi connectivity index (χ1v) is 6.12. The van der Waals surface area contributed by atoms with E-state index in [0.717, 1.165) is 19.6 Å². The quantitative estimate of drug-likeness (QED) is 0.910. The largest absolute Gasteiger partial charge is 0.375 e. The number of halogens is 1. The molecule has 2 N–H and O–H groups in total. The van der Waals surface area contributed by atoms with Crippen molar-refractivity contribution < 1.29 is 0 Å². The first kappa shape index (κ1) is 12.4. The van der Waals surface area contributed by atoms with Gasteiger partial charge in [0.25, 0.3) is 0 Å². The number of hydrogen-bond donors (Lipinski definition) is 1. The minimum absolute atomic E-state index is 0. The molecule has 0 atom stereocenters. The molecule has 5 heteroatoms. The predicted octanol–water partition coefficient (Wildman–Crippen LogP) is 2.66. The molecule has 1 aliphatic rings. The van der Waals surface area contributed by atoms with Crippen LogP contribution in [0.15, 0.2) is 30.5 Å². The summed E-state index contributed by atoms with van der Waals surface area (Å²) in [4.78, 5) is 7.73. The number of fused-ring (bicyclic) bond motifs is 1. The van der Waals surface area contributed by atoms with Crippen molar-refractivity contribution in [2.75, 3.05) is 5.73 Å². The molecule has 0 bridgehead atoms. The smallest absolute Gasteiger partial charge is 0.180 e. The standard InChI is InChI=1S/C12H13N3S.ClH/c13-12-14-5-11(16-12)8-15-6-9-3-1-2-4-10(9)7-15;/h1-5H,6-8H2,(H2,13,14);1H. The molecule has 17 heavy (non-hydrogen) atoms. The van der Waals surface area contributed by atoms with Crippen molar-refractivity contribution in [2.45, 2.75) is 19.6 Å². The van der Waals surface area contributed by atoms with Crippen molar-refractivity contribution >= 4 is 28.9 Å². The van der Waals surface area contributed by atoms with Crippen molar-refractivity contribution in [1.82, 2.24) is 9.88 Å². The number of benzene rings is 1. The van der Waals surface area contributed by atoms with Crippen LogP contribution in [0.1, 0.15) is 16.0 Å². The lowest BCUT2D eigenvalue weighted by molar-refractivity contribution is 0.278. The van der Waals surface area contributed by atoms with Gasteiger partial charge >= 0.3 is 0 Å². The van der Waals surface area contributed by atoms with E-state index in [-0.39, 0.29) is 12.4 Å². The van der Waals surface area contributed by atoms with Crippen LogP contribution in [0, 0.1) is 0 Å². The Morgan fingerprint density at radius 2 is 1.88 bits per heavy atom. The summed E-state index contributed by atoms with van der Waals surface area (Å²) in [6, 6.07) is 8.62. The van der Waals surface area contributed by atoms with E-state index < -0.39 is 0 Å². The van der Waals surface area contributed by atoms with Crippen LogP contribution in [0.2, 0.25) is 0 Å². The normalized spacial score (nSPS) is 14.4. The summed E-state index contributed by atoms with van der Waals surface area (Å²) >= 11 is 1.58. The van der Waals surface area contributed by atoms with Gasteiger partial charge in [0.1, 0.15) is 0 Å². The van der Waals surface area contributed by atoms with Gasteiger partial charge in [-0.1, -0.05) is 24.3 Å². The molecule has 2 heterocycles. The Labute approximate surface area is 111 Å². The van der Waals surface area contributed by atoms with Gasteiger partial charge in [-0.3, -0.25) is 4.90 Å². The molecule has 1 aliphatic heterocycles. The fraction of sp³-hybridized carbons (Fsp3) is 0.250. The Hall–Kier alpha value is -1.10. The number of aromatic nitrogens is 1. The average Bonchev–Trinajstić information content (AvgIpc) is 2.84. The number of anilines is 1. The molecular weight excluding hydrogens is 254 g/mol. The van der Waals surface area contributed by atoms with E-state index in [0.29, 0.717) is 5.13 Å². The van der Waals surface area contributed by atoms with Crippen LogP contribution >= 0.6 is 23.7 Å². The Morgan fingerprint density at radius 1 is 1.24 bits per heavy atom. The molecular formula is C12H14ClN3S. The van der Waals surface area contributed by atoms with Crippen LogP contribution < -0.4 is 5.73 Å². The summed E-state index contributed by atoms with van der Waals surface area (Å²) in [6.07, 6.45) is 1.88. The Bertz CT molecular complexity index is 487. The number of nitrogens with two attached hydrogens (primary N) is 1. The molecule has 90 valence electrons. The highest BCUT2D eigenvalue weighted by atomic mass is 35.5. The summed E-state index contributed by atoms with van der Waals surface area (Å²) in [5.74, 6) is 0. The number of hydrogen-bond acceptors (Lipinski definition) is 4. The lowest BCUT2D eigenvalue weighted by atomic mass is 10.1. The van der Waals surface area contributed by atoms with Crippen LogP contribution in [0.25, 0.3) is 0 Å². The molecule has 1 aromatic carbocycles. The molecule has 1 aromatic heterocycles. The number of thiazole rings is 1. The van der Waals surface area contributed by atoms with Crippen molar-refractivity contribution in [2.24, 2.45) is 0 Å². The van der Waals surface area contributed by atoms with Gasteiger partial charge in [0.15, 0.2) is 5.13 Å². The van der Waals surface area contributed by atoms with E-state index in [4.69, 9.17) is 5.73 Å². The molecule has 3 nitrogen and oxygen atoms in total. The van der Waals surface area contributed by atoms with E-state index >= 15 is 0 Å². The van der Waals surface area contributed by atoms with Gasteiger partial charge in [-0.2, -0.15) is 0 Å². The van der Waals surface area contributed by atoms with Crippen molar-refractivity contribution in [3.63, 3.8) is 0 Å². The first-order valence-electron chi connectivity index (χ1n) is 5.30. The third-order valence-electron chi connectivity index (χ3n) is 2.86. The fourth-order valence-corrected chi connectivity index (χ4v) is 2.86. The third-order valence-corrected chi connectivity index (χ3v) is 3.67. The highest BCUT2D eigenvalue weighted by molar-refractivity contribution is 7.15. The third kappa shape index (κ3) is 2.60. The van der Waals surface area contributed by atoms with Crippen molar-refractivity contribution in [1.29, 1.82) is 0 Å². The predicted molar refractivity (Wildman–Crippen MR) is 73.2 cm³/mol. The number of rotatable bonds is 2. The zero-order valence-electron chi connectivity index (χ0n) is 9.30. The summed E-state index contributed by atoms with van der Waals surface area (Å²) in [6.45, 7) is 3.02. The van der Waals surface area contributed by atoms with Gasteiger partial charge in [-0.05, 0) is 11.1 Å². The highest BCUT2D eigenvalue weighted by Crippen LogP contribution is 2.25. The van der Waals surface area contributed by atoms with Gasteiger partial charge in [-0.15, -0.1) is 23.7 Å². The summed E-state index contributed by atoms with van der Waals surface area (Å²) in [7, 11) is 0. The molecule has 0 radical (unpaired) electrons. The second-order valence-corrected chi connectivity index (χ2v) is 5.23. The van der Waals surface area contributed by atoms with Crippen molar-refractivity contribution in [3.8, 4) is 0 Å². The monoisotopic (exact) mass is 267 g/mol. The lowest BCUT2D eigenvalue weighted by Crippen LogP contribution is -2.14.